The summed E-state index contributed by atoms with van der Waals surface area (Å²) in [5, 5.41) is 6.66. The van der Waals surface area contributed by atoms with Crippen LogP contribution in [0.4, 0.5) is 0 Å². The van der Waals surface area contributed by atoms with Gasteiger partial charge in [0.25, 0.3) is 0 Å². The van der Waals surface area contributed by atoms with E-state index in [1.165, 1.54) is 0 Å². The minimum absolute atomic E-state index is 0.846. The molecule has 42 heavy (non-hydrogen) atoms. The molecule has 0 radical (unpaired) electrons. The van der Waals surface area contributed by atoms with Crippen molar-refractivity contribution >= 4 is 65.7 Å². The molecule has 6 aromatic carbocycles. The van der Waals surface area contributed by atoms with Crippen LogP contribution in [0.2, 0.25) is 0 Å². The topological polar surface area (TPSA) is 52.1 Å². The molecular formula is C38H20N2O2. The van der Waals surface area contributed by atoms with E-state index in [2.05, 4.69) is 107 Å². The lowest BCUT2D eigenvalue weighted by molar-refractivity contribution is 0.646. The van der Waals surface area contributed by atoms with Gasteiger partial charge >= 0.3 is 0 Å². The Morgan fingerprint density at radius 3 is 1.40 bits per heavy atom. The van der Waals surface area contributed by atoms with Crippen LogP contribution in [-0.2, 0) is 0 Å². The average Bonchev–Trinajstić information content (AvgIpc) is 3.05. The third-order valence-electron chi connectivity index (χ3n) is 8.70. The number of hydrogen-bond acceptors (Lipinski definition) is 4. The van der Waals surface area contributed by atoms with Crippen LogP contribution in [0.1, 0.15) is 0 Å². The molecule has 0 unspecified atom stereocenters. The van der Waals surface area contributed by atoms with E-state index in [1.54, 1.807) is 0 Å². The lowest BCUT2D eigenvalue weighted by Crippen LogP contribution is -1.95. The normalized spacial score (nSPS) is 12.3. The predicted molar refractivity (Wildman–Crippen MR) is 170 cm³/mol. The average molecular weight is 537 g/mol. The molecule has 0 N–H and O–H groups in total. The molecule has 194 valence electrons. The van der Waals surface area contributed by atoms with Crippen molar-refractivity contribution in [2.75, 3.05) is 0 Å². The fourth-order valence-corrected chi connectivity index (χ4v) is 6.89. The van der Waals surface area contributed by atoms with E-state index in [9.17, 15) is 0 Å². The van der Waals surface area contributed by atoms with Crippen molar-refractivity contribution < 1.29 is 8.83 Å². The maximum absolute atomic E-state index is 6.71. The summed E-state index contributed by atoms with van der Waals surface area (Å²) in [6.45, 7) is 0. The maximum Gasteiger partial charge on any atom is 0.136 e. The summed E-state index contributed by atoms with van der Waals surface area (Å²) >= 11 is 0. The Morgan fingerprint density at radius 2 is 0.905 bits per heavy atom. The minimum atomic E-state index is 0.846. The quantitative estimate of drug-likeness (QED) is 0.163. The minimum Gasteiger partial charge on any atom is -0.456 e. The summed E-state index contributed by atoms with van der Waals surface area (Å²) in [6, 6.07) is 38.0. The lowest BCUT2D eigenvalue weighted by Gasteiger charge is -2.21. The van der Waals surface area contributed by atoms with Crippen molar-refractivity contribution in [2.24, 2.45) is 0 Å². The first-order chi connectivity index (χ1) is 20.8. The Hall–Kier alpha value is -5.74. The van der Waals surface area contributed by atoms with Crippen LogP contribution in [0.5, 0.6) is 0 Å². The molecule has 0 bridgehead atoms. The van der Waals surface area contributed by atoms with E-state index in [-0.39, 0.29) is 0 Å². The molecule has 8 aromatic rings. The fraction of sp³-hybridized carbons (Fsp3) is 0. The summed E-state index contributed by atoms with van der Waals surface area (Å²) in [4.78, 5) is 9.13. The van der Waals surface area contributed by atoms with Crippen LogP contribution in [0.25, 0.3) is 99.1 Å². The Labute approximate surface area is 239 Å². The molecule has 0 amide bonds. The van der Waals surface area contributed by atoms with Crippen LogP contribution in [0.3, 0.4) is 0 Å². The van der Waals surface area contributed by atoms with E-state index in [0.29, 0.717) is 0 Å². The second-order valence-corrected chi connectivity index (χ2v) is 11.0. The molecule has 4 heterocycles. The van der Waals surface area contributed by atoms with Gasteiger partial charge in [0.15, 0.2) is 0 Å². The van der Waals surface area contributed by atoms with Crippen molar-refractivity contribution in [1.29, 1.82) is 0 Å². The monoisotopic (exact) mass is 536 g/mol. The van der Waals surface area contributed by atoms with Gasteiger partial charge in [-0.1, -0.05) is 48.5 Å². The number of aromatic nitrogens is 2. The molecule has 0 saturated heterocycles. The molecule has 2 aromatic heterocycles. The molecular weight excluding hydrogens is 516 g/mol. The molecule has 10 rings (SSSR count). The van der Waals surface area contributed by atoms with Crippen molar-refractivity contribution in [3.8, 4) is 33.4 Å². The smallest absolute Gasteiger partial charge is 0.136 e. The molecule has 4 nitrogen and oxygen atoms in total. The molecule has 0 saturated carbocycles. The van der Waals surface area contributed by atoms with Crippen molar-refractivity contribution in [1.82, 2.24) is 9.97 Å². The predicted octanol–water partition coefficient (Wildman–Crippen LogP) is 10.5. The zero-order valence-corrected chi connectivity index (χ0v) is 22.3. The second kappa shape index (κ2) is 7.93. The first-order valence-corrected chi connectivity index (χ1v) is 14.1. The van der Waals surface area contributed by atoms with E-state index in [0.717, 1.165) is 99.1 Å². The van der Waals surface area contributed by atoms with Gasteiger partial charge in [0, 0.05) is 45.1 Å². The van der Waals surface area contributed by atoms with Gasteiger partial charge < -0.3 is 8.83 Å². The zero-order valence-electron chi connectivity index (χ0n) is 22.3. The molecule has 0 atom stereocenters. The summed E-state index contributed by atoms with van der Waals surface area (Å²) in [6.07, 6.45) is 3.75. The van der Waals surface area contributed by atoms with Gasteiger partial charge in [0.05, 0.1) is 11.0 Å². The van der Waals surface area contributed by atoms with Crippen molar-refractivity contribution in [3.63, 3.8) is 0 Å². The van der Waals surface area contributed by atoms with Crippen LogP contribution in [-0.4, -0.2) is 9.97 Å². The Kier molecular flexibility index (Phi) is 4.15. The molecule has 2 aliphatic heterocycles. The highest BCUT2D eigenvalue weighted by Gasteiger charge is 2.25. The SMILES string of the molecule is c1ccc2c(-c3cc4ccc5oc6cc(-c7ccnc8ccccc78)cc7ccc8oc(c3)c4c5-c8c76)ccnc2c1. The Morgan fingerprint density at radius 1 is 0.429 bits per heavy atom. The standard InChI is InChI=1S/C38H20N2O2/c1-3-7-29-27(5-1)25(13-15-39-29)23-17-21-9-11-32-37-35(21)33(19-23)41-31-12-10-22-18-24(20-34(42-32)36(22)38(31)37)26-14-16-40-30-8-4-2-6-28(26)30/h1-20H. The van der Waals surface area contributed by atoms with Crippen LogP contribution in [0.15, 0.2) is 130 Å². The van der Waals surface area contributed by atoms with Gasteiger partial charge in [-0.3, -0.25) is 9.97 Å². The van der Waals surface area contributed by atoms with Crippen molar-refractivity contribution in [3.05, 3.63) is 122 Å². The summed E-state index contributed by atoms with van der Waals surface area (Å²) < 4.78 is 13.4. The molecule has 0 fully saturated rings. The zero-order chi connectivity index (χ0) is 27.4. The number of nitrogens with zero attached hydrogens (tertiary/aromatic N) is 2. The van der Waals surface area contributed by atoms with Gasteiger partial charge in [-0.05, 0) is 93.7 Å². The number of pyridine rings is 2. The van der Waals surface area contributed by atoms with E-state index in [1.807, 2.05) is 24.5 Å². The maximum atomic E-state index is 6.71. The molecule has 2 aliphatic rings. The summed E-state index contributed by atoms with van der Waals surface area (Å²) in [7, 11) is 0. The number of benzene rings is 6. The van der Waals surface area contributed by atoms with Crippen LogP contribution >= 0.6 is 0 Å². The van der Waals surface area contributed by atoms with E-state index >= 15 is 0 Å². The molecule has 0 aliphatic carbocycles. The van der Waals surface area contributed by atoms with Crippen LogP contribution in [0, 0.1) is 0 Å². The van der Waals surface area contributed by atoms with Gasteiger partial charge in [0.1, 0.15) is 22.3 Å². The Balaban J connectivity index is 1.27. The summed E-state index contributed by atoms with van der Waals surface area (Å²) in [5.74, 6) is 0. The number of rotatable bonds is 2. The van der Waals surface area contributed by atoms with Gasteiger partial charge in [-0.2, -0.15) is 0 Å². The van der Waals surface area contributed by atoms with E-state index < -0.39 is 0 Å². The third kappa shape index (κ3) is 2.90. The van der Waals surface area contributed by atoms with Crippen LogP contribution < -0.4 is 0 Å². The number of fused-ring (bicyclic) bond motifs is 2. The molecule has 0 spiro atoms. The van der Waals surface area contributed by atoms with E-state index in [4.69, 9.17) is 8.83 Å². The lowest BCUT2D eigenvalue weighted by atomic mass is 9.88. The number of hydrogen-bond donors (Lipinski definition) is 0. The fourth-order valence-electron chi connectivity index (χ4n) is 6.89. The highest BCUT2D eigenvalue weighted by molar-refractivity contribution is 6.24. The third-order valence-corrected chi connectivity index (χ3v) is 8.70. The number of para-hydroxylation sites is 2. The largest absolute Gasteiger partial charge is 0.456 e. The second-order valence-electron chi connectivity index (χ2n) is 11.0. The molecule has 4 heteroatoms. The van der Waals surface area contributed by atoms with Gasteiger partial charge in [-0.25, -0.2) is 0 Å². The van der Waals surface area contributed by atoms with Gasteiger partial charge in [0.2, 0.25) is 0 Å². The van der Waals surface area contributed by atoms with Crippen molar-refractivity contribution in [2.45, 2.75) is 0 Å². The van der Waals surface area contributed by atoms with Gasteiger partial charge in [-0.15, -0.1) is 0 Å². The Bertz CT molecular complexity index is 2450. The first-order valence-electron chi connectivity index (χ1n) is 14.1. The summed E-state index contributed by atoms with van der Waals surface area (Å²) in [5.41, 5.74) is 12.1. The first kappa shape index (κ1) is 22.0. The highest BCUT2D eigenvalue weighted by Crippen LogP contribution is 2.49. The highest BCUT2D eigenvalue weighted by atomic mass is 16.3.